The number of sulfonamides is 1. The summed E-state index contributed by atoms with van der Waals surface area (Å²) in [6, 6.07) is 6.19. The van der Waals surface area contributed by atoms with Crippen LogP contribution in [0.25, 0.3) is 0 Å². The Morgan fingerprint density at radius 2 is 1.38 bits per heavy atom. The van der Waals surface area contributed by atoms with Crippen LogP contribution in [0.15, 0.2) is 52.3 Å². The first-order chi connectivity index (χ1) is 11.8. The van der Waals surface area contributed by atoms with Crippen LogP contribution < -0.4 is 4.72 Å². The average molecular weight is 415 g/mol. The second-order valence-corrected chi connectivity index (χ2v) is 7.58. The predicted molar refractivity (Wildman–Crippen MR) is 85.5 cm³/mol. The van der Waals surface area contributed by atoms with Crippen molar-refractivity contribution in [2.45, 2.75) is 22.1 Å². The van der Waals surface area contributed by atoms with Gasteiger partial charge in [0.05, 0.1) is 21.7 Å². The highest BCUT2D eigenvalue weighted by molar-refractivity contribution is 7.99. The highest BCUT2D eigenvalue weighted by Gasteiger charge is 2.38. The third kappa shape index (κ3) is 4.64. The third-order valence-corrected chi connectivity index (χ3v) is 5.36. The summed E-state index contributed by atoms with van der Waals surface area (Å²) >= 11 is 1.16. The van der Waals surface area contributed by atoms with Crippen LogP contribution in [0.2, 0.25) is 0 Å². The molecule has 0 aliphatic carbocycles. The number of nitrogens with one attached hydrogen (secondary N) is 1. The molecule has 11 heteroatoms. The molecule has 0 saturated carbocycles. The molecule has 0 unspecified atom stereocenters. The summed E-state index contributed by atoms with van der Waals surface area (Å²) in [5, 5.41) is 0. The normalized spacial score (nSPS) is 12.9. The largest absolute Gasteiger partial charge is 0.416 e. The van der Waals surface area contributed by atoms with E-state index in [1.54, 1.807) is 18.4 Å². The standard InChI is InChI=1S/C15H11F6NO2S2/c1-25-13-5-3-2-4-12(13)22-26(23,24)11-7-9(14(16,17)18)6-10(8-11)15(19,20)21/h2-8,22H,1H3. The van der Waals surface area contributed by atoms with Crippen molar-refractivity contribution >= 4 is 27.5 Å². The minimum absolute atomic E-state index is 0.0472. The van der Waals surface area contributed by atoms with E-state index in [9.17, 15) is 34.8 Å². The summed E-state index contributed by atoms with van der Waals surface area (Å²) in [5.74, 6) is 0. The van der Waals surface area contributed by atoms with E-state index in [0.29, 0.717) is 4.90 Å². The zero-order chi connectivity index (χ0) is 19.8. The monoisotopic (exact) mass is 415 g/mol. The molecule has 0 bridgehead atoms. The number of hydrogen-bond acceptors (Lipinski definition) is 3. The van der Waals surface area contributed by atoms with Gasteiger partial charge in [0, 0.05) is 4.90 Å². The zero-order valence-electron chi connectivity index (χ0n) is 12.9. The Kier molecular flexibility index (Phi) is 5.52. The maximum absolute atomic E-state index is 12.9. The van der Waals surface area contributed by atoms with Crippen LogP contribution in [-0.2, 0) is 22.4 Å². The van der Waals surface area contributed by atoms with Gasteiger partial charge in [-0.2, -0.15) is 26.3 Å². The second kappa shape index (κ2) is 7.03. The van der Waals surface area contributed by atoms with Gasteiger partial charge in [0.25, 0.3) is 10.0 Å². The van der Waals surface area contributed by atoms with Gasteiger partial charge in [0.2, 0.25) is 0 Å². The first-order valence-electron chi connectivity index (χ1n) is 6.80. The summed E-state index contributed by atoms with van der Waals surface area (Å²) in [6.07, 6.45) is -8.63. The van der Waals surface area contributed by atoms with Crippen LogP contribution >= 0.6 is 11.8 Å². The molecule has 2 aromatic carbocycles. The molecule has 0 aromatic heterocycles. The van der Waals surface area contributed by atoms with Gasteiger partial charge in [0.15, 0.2) is 0 Å². The predicted octanol–water partition coefficient (Wildman–Crippen LogP) is 5.25. The number of hydrogen-bond donors (Lipinski definition) is 1. The summed E-state index contributed by atoms with van der Waals surface area (Å²) in [7, 11) is -4.67. The SMILES string of the molecule is CSc1ccccc1NS(=O)(=O)c1cc(C(F)(F)F)cc(C(F)(F)F)c1. The van der Waals surface area contributed by atoms with Crippen molar-refractivity contribution in [3.63, 3.8) is 0 Å². The van der Waals surface area contributed by atoms with Crippen molar-refractivity contribution in [3.05, 3.63) is 53.6 Å². The van der Waals surface area contributed by atoms with Gasteiger partial charge in [-0.3, -0.25) is 4.72 Å². The lowest BCUT2D eigenvalue weighted by Crippen LogP contribution is -2.17. The number of anilines is 1. The minimum Gasteiger partial charge on any atom is -0.278 e. The maximum Gasteiger partial charge on any atom is 0.416 e. The number of benzene rings is 2. The van der Waals surface area contributed by atoms with E-state index in [0.717, 1.165) is 11.8 Å². The highest BCUT2D eigenvalue weighted by atomic mass is 32.2. The van der Waals surface area contributed by atoms with Gasteiger partial charge in [0.1, 0.15) is 0 Å². The van der Waals surface area contributed by atoms with E-state index in [1.807, 2.05) is 4.72 Å². The van der Waals surface area contributed by atoms with Crippen LogP contribution in [0.1, 0.15) is 11.1 Å². The van der Waals surface area contributed by atoms with E-state index >= 15 is 0 Å². The molecule has 0 amide bonds. The van der Waals surface area contributed by atoms with Gasteiger partial charge in [-0.05, 0) is 36.6 Å². The van der Waals surface area contributed by atoms with Gasteiger partial charge in [-0.25, -0.2) is 8.42 Å². The van der Waals surface area contributed by atoms with E-state index < -0.39 is 38.4 Å². The van der Waals surface area contributed by atoms with E-state index in [2.05, 4.69) is 0 Å². The average Bonchev–Trinajstić information content (AvgIpc) is 2.53. The molecule has 0 heterocycles. The third-order valence-electron chi connectivity index (χ3n) is 3.22. The number of rotatable bonds is 4. The van der Waals surface area contributed by atoms with Crippen LogP contribution in [0.4, 0.5) is 32.0 Å². The summed E-state index contributed by atoms with van der Waals surface area (Å²) in [6.45, 7) is 0. The van der Waals surface area contributed by atoms with E-state index in [1.165, 1.54) is 12.1 Å². The summed E-state index contributed by atoms with van der Waals surface area (Å²) in [4.78, 5) is -0.672. The first-order valence-corrected chi connectivity index (χ1v) is 9.51. The molecule has 1 N–H and O–H groups in total. The number of halogens is 6. The molecular weight excluding hydrogens is 404 g/mol. The quantitative estimate of drug-likeness (QED) is 0.548. The maximum atomic E-state index is 12.9. The van der Waals surface area contributed by atoms with Crippen LogP contribution in [0.3, 0.4) is 0 Å². The molecule has 3 nitrogen and oxygen atoms in total. The lowest BCUT2D eigenvalue weighted by atomic mass is 10.1. The Labute approximate surface area is 149 Å². The lowest BCUT2D eigenvalue weighted by Gasteiger charge is -2.16. The molecule has 0 saturated heterocycles. The van der Waals surface area contributed by atoms with Crippen LogP contribution in [0.5, 0.6) is 0 Å². The Morgan fingerprint density at radius 1 is 0.885 bits per heavy atom. The van der Waals surface area contributed by atoms with Gasteiger partial charge in [-0.1, -0.05) is 12.1 Å². The van der Waals surface area contributed by atoms with Crippen molar-refractivity contribution in [2.24, 2.45) is 0 Å². The molecule has 2 rings (SSSR count). The molecule has 0 fully saturated rings. The molecule has 0 aliphatic heterocycles. The summed E-state index contributed by atoms with van der Waals surface area (Å²) < 4.78 is 104. The fraction of sp³-hybridized carbons (Fsp3) is 0.200. The first kappa shape index (κ1) is 20.4. The van der Waals surface area contributed by atoms with Crippen molar-refractivity contribution < 1.29 is 34.8 Å². The molecule has 26 heavy (non-hydrogen) atoms. The fourth-order valence-corrected chi connectivity index (χ4v) is 3.78. The molecule has 0 spiro atoms. The van der Waals surface area contributed by atoms with Gasteiger partial charge < -0.3 is 0 Å². The minimum atomic E-state index is -5.14. The molecule has 0 atom stereocenters. The van der Waals surface area contributed by atoms with Crippen LogP contribution in [0, 0.1) is 0 Å². The van der Waals surface area contributed by atoms with Crippen LogP contribution in [-0.4, -0.2) is 14.7 Å². The number of para-hydroxylation sites is 1. The zero-order valence-corrected chi connectivity index (χ0v) is 14.6. The smallest absolute Gasteiger partial charge is 0.278 e. The molecule has 2 aromatic rings. The van der Waals surface area contributed by atoms with Gasteiger partial charge >= 0.3 is 12.4 Å². The summed E-state index contributed by atoms with van der Waals surface area (Å²) in [5.41, 5.74) is -3.36. The van der Waals surface area contributed by atoms with Gasteiger partial charge in [-0.15, -0.1) is 11.8 Å². The molecule has 0 aliphatic rings. The van der Waals surface area contributed by atoms with E-state index in [4.69, 9.17) is 0 Å². The topological polar surface area (TPSA) is 46.2 Å². The fourth-order valence-electron chi connectivity index (χ4n) is 2.01. The molecule has 142 valence electrons. The second-order valence-electron chi connectivity index (χ2n) is 5.05. The van der Waals surface area contributed by atoms with Crippen molar-refractivity contribution in [1.82, 2.24) is 0 Å². The number of alkyl halides is 6. The Morgan fingerprint density at radius 3 is 1.85 bits per heavy atom. The molecule has 0 radical (unpaired) electrons. The van der Waals surface area contributed by atoms with Crippen molar-refractivity contribution in [3.8, 4) is 0 Å². The van der Waals surface area contributed by atoms with Crippen molar-refractivity contribution in [2.75, 3.05) is 11.0 Å². The molecular formula is C15H11F6NO2S2. The highest BCUT2D eigenvalue weighted by Crippen LogP contribution is 2.37. The Balaban J connectivity index is 2.58. The van der Waals surface area contributed by atoms with Crippen molar-refractivity contribution in [1.29, 1.82) is 0 Å². The van der Waals surface area contributed by atoms with E-state index in [-0.39, 0.29) is 23.9 Å². The number of thioether (sulfide) groups is 1. The Bertz CT molecular complexity index is 875. The Hall–Kier alpha value is -1.88. The lowest BCUT2D eigenvalue weighted by molar-refractivity contribution is -0.143.